The minimum atomic E-state index is -3.20. The van der Waals surface area contributed by atoms with Crippen molar-refractivity contribution in [3.63, 3.8) is 0 Å². The minimum Gasteiger partial charge on any atom is -0.335 e. The van der Waals surface area contributed by atoms with Crippen LogP contribution in [0, 0.1) is 0 Å². The van der Waals surface area contributed by atoms with Gasteiger partial charge in [0.2, 0.25) is 10.0 Å². The van der Waals surface area contributed by atoms with Crippen molar-refractivity contribution in [2.75, 3.05) is 20.1 Å². The fraction of sp³-hybridized carbons (Fsp3) is 0.909. The Morgan fingerprint density at radius 2 is 1.78 bits per heavy atom. The third-order valence-corrected chi connectivity index (χ3v) is 5.80. The van der Waals surface area contributed by atoms with Crippen LogP contribution in [0.15, 0.2) is 0 Å². The van der Waals surface area contributed by atoms with Crippen molar-refractivity contribution in [1.82, 2.24) is 14.9 Å². The van der Waals surface area contributed by atoms with E-state index in [-0.39, 0.29) is 11.3 Å². The predicted molar refractivity (Wildman–Crippen MR) is 68.7 cm³/mol. The molecule has 18 heavy (non-hydrogen) atoms. The molecule has 2 rings (SSSR count). The van der Waals surface area contributed by atoms with Crippen molar-refractivity contribution < 1.29 is 13.2 Å². The summed E-state index contributed by atoms with van der Waals surface area (Å²) in [5, 5.41) is 2.61. The van der Waals surface area contributed by atoms with E-state index in [1.165, 1.54) is 13.5 Å². The van der Waals surface area contributed by atoms with E-state index in [4.69, 9.17) is 0 Å². The number of amides is 2. The molecule has 2 aliphatic rings. The van der Waals surface area contributed by atoms with E-state index in [1.807, 2.05) is 0 Å². The smallest absolute Gasteiger partial charge is 0.317 e. The summed E-state index contributed by atoms with van der Waals surface area (Å²) < 4.78 is 25.6. The second kappa shape index (κ2) is 5.44. The van der Waals surface area contributed by atoms with Gasteiger partial charge in [-0.25, -0.2) is 17.9 Å². The van der Waals surface area contributed by atoms with Gasteiger partial charge in [0, 0.05) is 19.1 Å². The van der Waals surface area contributed by atoms with E-state index in [2.05, 4.69) is 10.0 Å². The van der Waals surface area contributed by atoms with Crippen molar-refractivity contribution in [2.45, 2.75) is 43.4 Å². The van der Waals surface area contributed by atoms with Crippen LogP contribution in [0.3, 0.4) is 0 Å². The lowest BCUT2D eigenvalue weighted by Crippen LogP contribution is -2.51. The van der Waals surface area contributed by atoms with Gasteiger partial charge in [0.05, 0.1) is 5.25 Å². The SMILES string of the molecule is CNS(=O)(=O)C1CCN(C(=O)NC2CCC2)CC1. The number of hydrogen-bond donors (Lipinski definition) is 2. The molecule has 0 radical (unpaired) electrons. The Labute approximate surface area is 108 Å². The van der Waals surface area contributed by atoms with Gasteiger partial charge < -0.3 is 10.2 Å². The molecule has 2 fully saturated rings. The molecule has 6 nitrogen and oxygen atoms in total. The lowest BCUT2D eigenvalue weighted by atomic mass is 9.93. The Kier molecular flexibility index (Phi) is 4.11. The molecule has 1 aliphatic carbocycles. The van der Waals surface area contributed by atoms with Crippen molar-refractivity contribution in [3.8, 4) is 0 Å². The van der Waals surface area contributed by atoms with E-state index >= 15 is 0 Å². The Morgan fingerprint density at radius 1 is 1.17 bits per heavy atom. The molecular formula is C11H21N3O3S. The van der Waals surface area contributed by atoms with Gasteiger partial charge in [0.25, 0.3) is 0 Å². The van der Waals surface area contributed by atoms with E-state index in [0.29, 0.717) is 32.0 Å². The third kappa shape index (κ3) is 2.95. The van der Waals surface area contributed by atoms with Gasteiger partial charge in [-0.05, 0) is 39.2 Å². The molecule has 0 aromatic carbocycles. The molecule has 7 heteroatoms. The third-order valence-electron chi connectivity index (χ3n) is 3.89. The van der Waals surface area contributed by atoms with Crippen molar-refractivity contribution in [2.24, 2.45) is 0 Å². The second-order valence-electron chi connectivity index (χ2n) is 5.01. The summed E-state index contributed by atoms with van der Waals surface area (Å²) in [4.78, 5) is 13.6. The maximum Gasteiger partial charge on any atom is 0.317 e. The first-order chi connectivity index (χ1) is 8.53. The average molecular weight is 275 g/mol. The van der Waals surface area contributed by atoms with Crippen LogP contribution in [-0.4, -0.2) is 50.8 Å². The van der Waals surface area contributed by atoms with Gasteiger partial charge in [-0.2, -0.15) is 0 Å². The van der Waals surface area contributed by atoms with Gasteiger partial charge in [0.1, 0.15) is 0 Å². The van der Waals surface area contributed by atoms with Gasteiger partial charge in [-0.3, -0.25) is 0 Å². The maximum absolute atomic E-state index is 11.9. The topological polar surface area (TPSA) is 78.5 Å². The van der Waals surface area contributed by atoms with Crippen molar-refractivity contribution in [1.29, 1.82) is 0 Å². The molecule has 0 atom stereocenters. The highest BCUT2D eigenvalue weighted by molar-refractivity contribution is 7.90. The van der Waals surface area contributed by atoms with Crippen LogP contribution in [0.4, 0.5) is 4.79 Å². The summed E-state index contributed by atoms with van der Waals surface area (Å²) in [6, 6.07) is 0.288. The van der Waals surface area contributed by atoms with Gasteiger partial charge in [-0.1, -0.05) is 0 Å². The molecule has 0 unspecified atom stereocenters. The number of carbonyl (C=O) groups excluding carboxylic acids is 1. The number of hydrogen-bond acceptors (Lipinski definition) is 3. The van der Waals surface area contributed by atoms with Gasteiger partial charge in [0.15, 0.2) is 0 Å². The van der Waals surface area contributed by atoms with E-state index in [9.17, 15) is 13.2 Å². The predicted octanol–water partition coefficient (Wildman–Crippen LogP) is 0.262. The average Bonchev–Trinajstić information content (AvgIpc) is 2.33. The van der Waals surface area contributed by atoms with Crippen LogP contribution >= 0.6 is 0 Å². The summed E-state index contributed by atoms with van der Waals surface area (Å²) in [6.07, 6.45) is 4.35. The molecule has 0 spiro atoms. The monoisotopic (exact) mass is 275 g/mol. The summed E-state index contributed by atoms with van der Waals surface area (Å²) >= 11 is 0. The highest BCUT2D eigenvalue weighted by Crippen LogP contribution is 2.20. The van der Waals surface area contributed by atoms with E-state index in [0.717, 1.165) is 12.8 Å². The molecule has 2 amide bonds. The highest BCUT2D eigenvalue weighted by atomic mass is 32.2. The molecule has 0 aromatic rings. The lowest BCUT2D eigenvalue weighted by molar-refractivity contribution is 0.176. The summed E-state index contributed by atoms with van der Waals surface area (Å²) in [5.41, 5.74) is 0. The zero-order chi connectivity index (χ0) is 13.2. The Bertz CT molecular complexity index is 398. The Morgan fingerprint density at radius 3 is 2.22 bits per heavy atom. The number of nitrogens with one attached hydrogen (secondary N) is 2. The fourth-order valence-corrected chi connectivity index (χ4v) is 3.52. The number of rotatable bonds is 3. The van der Waals surface area contributed by atoms with Crippen LogP contribution in [-0.2, 0) is 10.0 Å². The number of carbonyl (C=O) groups is 1. The maximum atomic E-state index is 11.9. The molecule has 0 aromatic heterocycles. The van der Waals surface area contributed by atoms with Crippen LogP contribution in [0.1, 0.15) is 32.1 Å². The van der Waals surface area contributed by atoms with Gasteiger partial charge in [-0.15, -0.1) is 0 Å². The largest absolute Gasteiger partial charge is 0.335 e. The van der Waals surface area contributed by atoms with Crippen LogP contribution in [0.5, 0.6) is 0 Å². The van der Waals surface area contributed by atoms with Crippen LogP contribution in [0.2, 0.25) is 0 Å². The summed E-state index contributed by atoms with van der Waals surface area (Å²) in [5.74, 6) is 0. The molecule has 1 saturated heterocycles. The minimum absolute atomic E-state index is 0.0417. The number of sulfonamides is 1. The van der Waals surface area contributed by atoms with Crippen molar-refractivity contribution >= 4 is 16.1 Å². The molecular weight excluding hydrogens is 254 g/mol. The Balaban J connectivity index is 1.80. The standard InChI is InChI=1S/C11H21N3O3S/c1-12-18(16,17)10-5-7-14(8-6-10)11(15)13-9-3-2-4-9/h9-10,12H,2-8H2,1H3,(H,13,15). The molecule has 2 N–H and O–H groups in total. The first-order valence-electron chi connectivity index (χ1n) is 6.51. The summed E-state index contributed by atoms with van der Waals surface area (Å²) in [7, 11) is -1.76. The molecule has 0 bridgehead atoms. The zero-order valence-electron chi connectivity index (χ0n) is 10.7. The van der Waals surface area contributed by atoms with E-state index < -0.39 is 10.0 Å². The quantitative estimate of drug-likeness (QED) is 0.775. The normalized spacial score (nSPS) is 22.6. The fourth-order valence-electron chi connectivity index (χ4n) is 2.35. The molecule has 1 saturated carbocycles. The highest BCUT2D eigenvalue weighted by Gasteiger charge is 2.31. The molecule has 1 heterocycles. The number of piperidine rings is 1. The zero-order valence-corrected chi connectivity index (χ0v) is 11.5. The van der Waals surface area contributed by atoms with Gasteiger partial charge >= 0.3 is 6.03 Å². The number of urea groups is 1. The lowest BCUT2D eigenvalue weighted by Gasteiger charge is -2.34. The Hall–Kier alpha value is -0.820. The number of nitrogens with zero attached hydrogens (tertiary/aromatic N) is 1. The van der Waals surface area contributed by atoms with Crippen LogP contribution in [0.25, 0.3) is 0 Å². The molecule has 1 aliphatic heterocycles. The second-order valence-corrected chi connectivity index (χ2v) is 7.18. The van der Waals surface area contributed by atoms with Crippen molar-refractivity contribution in [3.05, 3.63) is 0 Å². The van der Waals surface area contributed by atoms with E-state index in [1.54, 1.807) is 4.90 Å². The number of likely N-dealkylation sites (tertiary alicyclic amines) is 1. The van der Waals surface area contributed by atoms with Crippen LogP contribution < -0.4 is 10.0 Å². The first-order valence-corrected chi connectivity index (χ1v) is 8.05. The first kappa shape index (κ1) is 13.6. The molecule has 104 valence electrons. The summed E-state index contributed by atoms with van der Waals surface area (Å²) in [6.45, 7) is 1.04.